The van der Waals surface area contributed by atoms with E-state index in [4.69, 9.17) is 4.98 Å². The van der Waals surface area contributed by atoms with Crippen molar-refractivity contribution in [1.29, 1.82) is 0 Å². The van der Waals surface area contributed by atoms with Crippen molar-refractivity contribution < 1.29 is 4.79 Å². The number of hydrogen-bond acceptors (Lipinski definition) is 4. The molecule has 6 heteroatoms. The molecule has 7 aromatic rings. The van der Waals surface area contributed by atoms with E-state index in [1.807, 2.05) is 41.1 Å². The number of benzene rings is 4. The van der Waals surface area contributed by atoms with Crippen LogP contribution in [0.25, 0.3) is 44.2 Å². The van der Waals surface area contributed by atoms with Crippen molar-refractivity contribution in [3.8, 4) is 22.3 Å². The molecule has 0 atom stereocenters. The molecule has 50 heavy (non-hydrogen) atoms. The number of pyridine rings is 2. The van der Waals surface area contributed by atoms with Crippen molar-refractivity contribution in [2.24, 2.45) is 5.92 Å². The summed E-state index contributed by atoms with van der Waals surface area (Å²) in [7, 11) is 0. The van der Waals surface area contributed by atoms with Crippen molar-refractivity contribution in [2.45, 2.75) is 49.2 Å². The van der Waals surface area contributed by atoms with Crippen molar-refractivity contribution in [3.63, 3.8) is 0 Å². The Bertz CT molecular complexity index is 2210. The van der Waals surface area contributed by atoms with Gasteiger partial charge in [0.15, 0.2) is 0 Å². The molecule has 0 unspecified atom stereocenters. The molecule has 5 nitrogen and oxygen atoms in total. The molecule has 1 amide bonds. The molecule has 1 saturated carbocycles. The number of fused-ring (bicyclic) bond motifs is 3. The Hall–Kier alpha value is -5.20. The third-order valence-electron chi connectivity index (χ3n) is 9.91. The van der Waals surface area contributed by atoms with Crippen LogP contribution in [-0.2, 0) is 17.0 Å². The summed E-state index contributed by atoms with van der Waals surface area (Å²) in [5, 5.41) is 2.30. The summed E-state index contributed by atoms with van der Waals surface area (Å²) in [6, 6.07) is 42.2. The first-order valence-corrected chi connectivity index (χ1v) is 18.7. The Kier molecular flexibility index (Phi) is 9.44. The fourth-order valence-electron chi connectivity index (χ4n) is 7.35. The summed E-state index contributed by atoms with van der Waals surface area (Å²) in [5.74, 6) is 1.50. The lowest BCUT2D eigenvalue weighted by Gasteiger charge is -2.30. The van der Waals surface area contributed by atoms with Gasteiger partial charge in [0, 0.05) is 68.4 Å². The highest BCUT2D eigenvalue weighted by Gasteiger charge is 2.24. The van der Waals surface area contributed by atoms with E-state index in [9.17, 15) is 4.79 Å². The Labute approximate surface area is 297 Å². The number of rotatable bonds is 10. The molecular weight excluding hydrogens is 633 g/mol. The van der Waals surface area contributed by atoms with Crippen molar-refractivity contribution in [3.05, 3.63) is 145 Å². The fourth-order valence-corrected chi connectivity index (χ4v) is 8.22. The molecule has 1 aliphatic rings. The predicted octanol–water partition coefficient (Wildman–Crippen LogP) is 10.9. The molecule has 3 heterocycles. The zero-order valence-electron chi connectivity index (χ0n) is 28.1. The van der Waals surface area contributed by atoms with Crippen molar-refractivity contribution in [2.75, 3.05) is 11.4 Å². The van der Waals surface area contributed by atoms with Gasteiger partial charge in [-0.3, -0.25) is 9.78 Å². The number of H-pyrrole nitrogens is 1. The van der Waals surface area contributed by atoms with Gasteiger partial charge in [0.2, 0.25) is 5.91 Å². The van der Waals surface area contributed by atoms with Crippen LogP contribution in [0.15, 0.2) is 139 Å². The van der Waals surface area contributed by atoms with Crippen molar-refractivity contribution >= 4 is 45.3 Å². The van der Waals surface area contributed by atoms with Gasteiger partial charge in [0.25, 0.3) is 0 Å². The number of nitrogens with one attached hydrogen (secondary N) is 1. The van der Waals surface area contributed by atoms with Crippen LogP contribution >= 0.6 is 11.8 Å². The summed E-state index contributed by atoms with van der Waals surface area (Å²) in [6.45, 7) is 0.744. The molecule has 248 valence electrons. The SMILES string of the molecule is O=C(Cc1ccccn1)N(CC1CCCCC1)c1ccc(-c2cnc3[nH]c4ccc(CSc5ccccc5)cc4c3c2-c2ccccc2)cc1. The molecule has 0 saturated heterocycles. The Morgan fingerprint density at radius 3 is 2.30 bits per heavy atom. The minimum absolute atomic E-state index is 0.0927. The van der Waals surface area contributed by atoms with Crippen molar-refractivity contribution in [1.82, 2.24) is 15.0 Å². The third kappa shape index (κ3) is 6.94. The number of amides is 1. The van der Waals surface area contributed by atoms with Gasteiger partial charge < -0.3 is 9.88 Å². The molecule has 1 N–H and O–H groups in total. The molecule has 3 aromatic heterocycles. The average Bonchev–Trinajstić information content (AvgIpc) is 3.55. The standard InChI is InChI=1S/C44H40N4OS/c49-41(27-35-16-10-11-25-45-35)48(29-31-12-4-1-5-13-31)36-22-20-33(21-23-36)39-28-46-44-43(42(39)34-14-6-2-7-15-34)38-26-32(19-24-40(38)47-44)30-50-37-17-8-3-9-18-37/h2-3,6-11,14-26,28,31H,1,4-5,12-13,27,29-30H2,(H,46,47). The van der Waals surface area contributed by atoms with E-state index >= 15 is 0 Å². The molecule has 8 rings (SSSR count). The minimum atomic E-state index is 0.0927. The molecule has 1 aliphatic carbocycles. The van der Waals surface area contributed by atoms with Crippen LogP contribution in [0.5, 0.6) is 0 Å². The number of aromatic amines is 1. The second-order valence-electron chi connectivity index (χ2n) is 13.3. The van der Waals surface area contributed by atoms with Crippen LogP contribution in [0.1, 0.15) is 43.4 Å². The van der Waals surface area contributed by atoms with Gasteiger partial charge in [-0.15, -0.1) is 11.8 Å². The molecule has 0 spiro atoms. The largest absolute Gasteiger partial charge is 0.339 e. The van der Waals surface area contributed by atoms with E-state index in [-0.39, 0.29) is 5.91 Å². The van der Waals surface area contributed by atoms with Crippen LogP contribution in [-0.4, -0.2) is 27.4 Å². The van der Waals surface area contributed by atoms with E-state index in [1.54, 1.807) is 6.20 Å². The second-order valence-corrected chi connectivity index (χ2v) is 14.3. The van der Waals surface area contributed by atoms with Crippen LogP contribution in [0.3, 0.4) is 0 Å². The maximum absolute atomic E-state index is 13.8. The summed E-state index contributed by atoms with van der Waals surface area (Å²) < 4.78 is 0. The molecule has 0 bridgehead atoms. The van der Waals surface area contributed by atoms with E-state index < -0.39 is 0 Å². The van der Waals surface area contributed by atoms with Crippen LogP contribution < -0.4 is 4.90 Å². The zero-order chi connectivity index (χ0) is 33.7. The van der Waals surface area contributed by atoms with Gasteiger partial charge in [0.05, 0.1) is 6.42 Å². The first-order chi connectivity index (χ1) is 24.7. The first-order valence-electron chi connectivity index (χ1n) is 17.7. The molecule has 0 aliphatic heterocycles. The van der Waals surface area contributed by atoms with Crippen LogP contribution in [0.2, 0.25) is 0 Å². The highest BCUT2D eigenvalue weighted by atomic mass is 32.2. The third-order valence-corrected chi connectivity index (χ3v) is 11.0. The van der Waals surface area contributed by atoms with E-state index in [1.165, 1.54) is 47.9 Å². The summed E-state index contributed by atoms with van der Waals surface area (Å²) >= 11 is 1.85. The number of carbonyl (C=O) groups is 1. The molecule has 1 fully saturated rings. The lowest BCUT2D eigenvalue weighted by atomic mass is 9.88. The summed E-state index contributed by atoms with van der Waals surface area (Å²) in [4.78, 5) is 30.1. The Morgan fingerprint density at radius 2 is 1.54 bits per heavy atom. The van der Waals surface area contributed by atoms with Crippen LogP contribution in [0, 0.1) is 5.92 Å². The second kappa shape index (κ2) is 14.7. The zero-order valence-corrected chi connectivity index (χ0v) is 28.9. The monoisotopic (exact) mass is 672 g/mol. The maximum Gasteiger partial charge on any atom is 0.233 e. The number of nitrogens with zero attached hydrogens (tertiary/aromatic N) is 3. The smallest absolute Gasteiger partial charge is 0.233 e. The highest BCUT2D eigenvalue weighted by Crippen LogP contribution is 2.41. The van der Waals surface area contributed by atoms with Gasteiger partial charge >= 0.3 is 0 Å². The first kappa shape index (κ1) is 32.0. The van der Waals surface area contributed by atoms with E-state index in [0.29, 0.717) is 12.3 Å². The number of carbonyl (C=O) groups excluding carboxylic acids is 1. The normalized spacial score (nSPS) is 13.5. The Balaban J connectivity index is 1.17. The topological polar surface area (TPSA) is 61.9 Å². The van der Waals surface area contributed by atoms with E-state index in [0.717, 1.165) is 62.5 Å². The number of hydrogen-bond donors (Lipinski definition) is 1. The predicted molar refractivity (Wildman–Crippen MR) is 207 cm³/mol. The lowest BCUT2D eigenvalue weighted by molar-refractivity contribution is -0.118. The summed E-state index contributed by atoms with van der Waals surface area (Å²) in [5.41, 5.74) is 9.41. The quantitative estimate of drug-likeness (QED) is 0.147. The maximum atomic E-state index is 13.8. The Morgan fingerprint density at radius 1 is 0.780 bits per heavy atom. The fraction of sp³-hybridized carbons (Fsp3) is 0.205. The van der Waals surface area contributed by atoms with Gasteiger partial charge in [-0.05, 0) is 84.0 Å². The molecular formula is C44H40N4OS. The van der Waals surface area contributed by atoms with Gasteiger partial charge in [-0.25, -0.2) is 4.98 Å². The number of thioether (sulfide) groups is 1. The number of anilines is 1. The van der Waals surface area contributed by atoms with Crippen LogP contribution in [0.4, 0.5) is 5.69 Å². The van der Waals surface area contributed by atoms with E-state index in [2.05, 4.69) is 113 Å². The average molecular weight is 673 g/mol. The highest BCUT2D eigenvalue weighted by molar-refractivity contribution is 7.98. The van der Waals surface area contributed by atoms with Gasteiger partial charge in [-0.1, -0.05) is 92.1 Å². The molecule has 4 aromatic carbocycles. The number of aromatic nitrogens is 3. The summed E-state index contributed by atoms with van der Waals surface area (Å²) in [6.07, 6.45) is 10.2. The van der Waals surface area contributed by atoms with Gasteiger partial charge in [-0.2, -0.15) is 0 Å². The lowest BCUT2D eigenvalue weighted by Crippen LogP contribution is -2.37. The van der Waals surface area contributed by atoms with Gasteiger partial charge in [0.1, 0.15) is 5.65 Å². The molecule has 0 radical (unpaired) electrons. The minimum Gasteiger partial charge on any atom is -0.339 e.